The highest BCUT2D eigenvalue weighted by atomic mass is 32.1. The van der Waals surface area contributed by atoms with Gasteiger partial charge >= 0.3 is 5.97 Å². The Balaban J connectivity index is 1.98. The molecule has 2 aromatic rings. The second-order valence-electron chi connectivity index (χ2n) is 5.32. The number of thiazole rings is 1. The summed E-state index contributed by atoms with van der Waals surface area (Å²) in [4.78, 5) is 27.8. The molecule has 1 aromatic heterocycles. The predicted octanol–water partition coefficient (Wildman–Crippen LogP) is 2.25. The van der Waals surface area contributed by atoms with Gasteiger partial charge in [-0.15, -0.1) is 11.3 Å². The number of carboxylic acid groups (broad SMARTS) is 1. The number of carbonyl (C=O) groups is 2. The highest BCUT2D eigenvalue weighted by Crippen LogP contribution is 2.16. The van der Waals surface area contributed by atoms with Gasteiger partial charge in [0.25, 0.3) is 5.91 Å². The van der Waals surface area contributed by atoms with Gasteiger partial charge in [-0.3, -0.25) is 4.79 Å². The topological polar surface area (TPSA) is 97.8 Å². The van der Waals surface area contributed by atoms with Gasteiger partial charge in [0.2, 0.25) is 0 Å². The van der Waals surface area contributed by atoms with Gasteiger partial charge < -0.3 is 19.9 Å². The van der Waals surface area contributed by atoms with Crippen LogP contribution in [0.3, 0.4) is 0 Å². The number of hydrogen-bond donors (Lipinski definition) is 2. The monoisotopic (exact) mass is 364 g/mol. The van der Waals surface area contributed by atoms with Crippen molar-refractivity contribution in [1.29, 1.82) is 0 Å². The number of benzene rings is 1. The lowest BCUT2D eigenvalue weighted by atomic mass is 10.1. The first-order valence-corrected chi connectivity index (χ1v) is 8.54. The van der Waals surface area contributed by atoms with Crippen molar-refractivity contribution in [2.45, 2.75) is 26.0 Å². The lowest BCUT2D eigenvalue weighted by Gasteiger charge is -2.14. The molecule has 1 amide bonds. The smallest absolute Gasteiger partial charge is 0.326 e. The molecular weight excluding hydrogens is 344 g/mol. The first-order chi connectivity index (χ1) is 12.0. The van der Waals surface area contributed by atoms with Crippen molar-refractivity contribution >= 4 is 23.2 Å². The molecule has 0 aliphatic carbocycles. The van der Waals surface area contributed by atoms with Gasteiger partial charge in [-0.25, -0.2) is 9.78 Å². The van der Waals surface area contributed by atoms with Gasteiger partial charge in [0.05, 0.1) is 10.7 Å². The molecule has 1 unspecified atom stereocenters. The van der Waals surface area contributed by atoms with Crippen molar-refractivity contribution < 1.29 is 24.2 Å². The molecule has 2 rings (SSSR count). The van der Waals surface area contributed by atoms with Gasteiger partial charge in [0, 0.05) is 31.1 Å². The molecule has 25 heavy (non-hydrogen) atoms. The minimum absolute atomic E-state index is 0.191. The van der Waals surface area contributed by atoms with Gasteiger partial charge in [0.15, 0.2) is 0 Å². The molecule has 0 radical (unpaired) electrons. The van der Waals surface area contributed by atoms with Gasteiger partial charge in [-0.2, -0.15) is 0 Å². The van der Waals surface area contributed by atoms with E-state index in [1.165, 1.54) is 7.11 Å². The lowest BCUT2D eigenvalue weighted by Crippen LogP contribution is -2.41. The Bertz CT molecular complexity index is 731. The fourth-order valence-electron chi connectivity index (χ4n) is 2.09. The Hall–Kier alpha value is -2.45. The molecule has 7 nitrogen and oxygen atoms in total. The third-order valence-corrected chi connectivity index (χ3v) is 4.19. The maximum Gasteiger partial charge on any atom is 0.326 e. The number of carboxylic acids is 1. The van der Waals surface area contributed by atoms with Crippen LogP contribution in [-0.4, -0.2) is 41.7 Å². The molecule has 1 heterocycles. The van der Waals surface area contributed by atoms with Crippen LogP contribution in [0.1, 0.15) is 27.5 Å². The molecule has 2 N–H and O–H groups in total. The second kappa shape index (κ2) is 9.14. The summed E-state index contributed by atoms with van der Waals surface area (Å²) in [5, 5.41) is 14.5. The van der Waals surface area contributed by atoms with Gasteiger partial charge in [0.1, 0.15) is 18.4 Å². The van der Waals surface area contributed by atoms with Crippen molar-refractivity contribution in [3.05, 3.63) is 45.9 Å². The van der Waals surface area contributed by atoms with E-state index < -0.39 is 17.9 Å². The zero-order valence-electron chi connectivity index (χ0n) is 14.0. The van der Waals surface area contributed by atoms with Crippen LogP contribution in [0.25, 0.3) is 0 Å². The van der Waals surface area contributed by atoms with Crippen LogP contribution in [0.4, 0.5) is 0 Å². The molecule has 0 fully saturated rings. The molecule has 0 saturated heterocycles. The average Bonchev–Trinajstić information content (AvgIpc) is 3.02. The fraction of sp³-hybridized carbons (Fsp3) is 0.353. The van der Waals surface area contributed by atoms with E-state index in [1.54, 1.807) is 35.6 Å². The van der Waals surface area contributed by atoms with E-state index in [4.69, 9.17) is 14.6 Å². The molecule has 0 spiro atoms. The summed E-state index contributed by atoms with van der Waals surface area (Å²) in [6, 6.07) is 5.58. The van der Waals surface area contributed by atoms with E-state index in [2.05, 4.69) is 10.3 Å². The summed E-state index contributed by atoms with van der Waals surface area (Å²) in [7, 11) is 1.48. The lowest BCUT2D eigenvalue weighted by molar-refractivity contribution is -0.139. The molecule has 134 valence electrons. The number of carbonyl (C=O) groups excluding carboxylic acids is 1. The number of nitrogens with one attached hydrogen (secondary N) is 1. The van der Waals surface area contributed by atoms with E-state index in [0.29, 0.717) is 17.9 Å². The summed E-state index contributed by atoms with van der Waals surface area (Å²) in [6.45, 7) is 2.47. The van der Waals surface area contributed by atoms with Crippen LogP contribution in [0, 0.1) is 6.92 Å². The number of rotatable bonds is 9. The zero-order chi connectivity index (χ0) is 18.2. The standard InChI is InChI=1S/C17H20N2O5S/c1-11-18-13(10-25-11)9-24-14-5-3-4-12(8-14)16(20)19-15(17(21)22)6-7-23-2/h3-5,8,10,15H,6-7,9H2,1-2H3,(H,19,20)(H,21,22). The number of methoxy groups -OCH3 is 1. The number of amides is 1. The third-order valence-electron chi connectivity index (χ3n) is 3.36. The second-order valence-corrected chi connectivity index (χ2v) is 6.38. The van der Waals surface area contributed by atoms with Gasteiger partial charge in [-0.1, -0.05) is 6.07 Å². The van der Waals surface area contributed by atoms with E-state index >= 15 is 0 Å². The molecule has 0 aliphatic rings. The fourth-order valence-corrected chi connectivity index (χ4v) is 2.69. The van der Waals surface area contributed by atoms with Crippen LogP contribution < -0.4 is 10.1 Å². The molecule has 0 saturated carbocycles. The Morgan fingerprint density at radius 3 is 2.84 bits per heavy atom. The maximum absolute atomic E-state index is 12.3. The number of ether oxygens (including phenoxy) is 2. The molecule has 0 bridgehead atoms. The molecule has 8 heteroatoms. The predicted molar refractivity (Wildman–Crippen MR) is 93.0 cm³/mol. The third kappa shape index (κ3) is 5.84. The molecular formula is C17H20N2O5S. The molecule has 1 atom stereocenters. The van der Waals surface area contributed by atoms with E-state index in [1.807, 2.05) is 12.3 Å². The quantitative estimate of drug-likeness (QED) is 0.708. The van der Waals surface area contributed by atoms with Crippen molar-refractivity contribution in [2.75, 3.05) is 13.7 Å². The molecule has 1 aromatic carbocycles. The summed E-state index contributed by atoms with van der Waals surface area (Å²) >= 11 is 1.54. The Morgan fingerprint density at radius 2 is 2.20 bits per heavy atom. The SMILES string of the molecule is COCCC(NC(=O)c1cccc(OCc2csc(C)n2)c1)C(=O)O. The van der Waals surface area contributed by atoms with Crippen molar-refractivity contribution in [3.63, 3.8) is 0 Å². The van der Waals surface area contributed by atoms with E-state index in [0.717, 1.165) is 10.7 Å². The number of aryl methyl sites for hydroxylation is 1. The number of nitrogens with zero attached hydrogens (tertiary/aromatic N) is 1. The number of aliphatic carboxylic acids is 1. The number of aromatic nitrogens is 1. The first kappa shape index (κ1) is 18.9. The minimum Gasteiger partial charge on any atom is -0.487 e. The van der Waals surface area contributed by atoms with Gasteiger partial charge in [-0.05, 0) is 25.1 Å². The number of hydrogen-bond acceptors (Lipinski definition) is 6. The van der Waals surface area contributed by atoms with Crippen molar-refractivity contribution in [2.24, 2.45) is 0 Å². The average molecular weight is 364 g/mol. The molecule has 0 aliphatic heterocycles. The highest BCUT2D eigenvalue weighted by Gasteiger charge is 2.20. The maximum atomic E-state index is 12.3. The first-order valence-electron chi connectivity index (χ1n) is 7.66. The normalized spacial score (nSPS) is 11.8. The Kier molecular flexibility index (Phi) is 6.91. The largest absolute Gasteiger partial charge is 0.487 e. The van der Waals surface area contributed by atoms with Crippen LogP contribution in [0.15, 0.2) is 29.6 Å². The summed E-state index contributed by atoms with van der Waals surface area (Å²) in [5.41, 5.74) is 1.15. The minimum atomic E-state index is -1.10. The van der Waals surface area contributed by atoms with E-state index in [-0.39, 0.29) is 13.0 Å². The summed E-state index contributed by atoms with van der Waals surface area (Å²) in [5.74, 6) is -1.06. The van der Waals surface area contributed by atoms with Crippen molar-refractivity contribution in [1.82, 2.24) is 10.3 Å². The Labute approximate surface area is 149 Å². The van der Waals surface area contributed by atoms with Crippen LogP contribution in [0.2, 0.25) is 0 Å². The van der Waals surface area contributed by atoms with E-state index in [9.17, 15) is 9.59 Å². The Morgan fingerprint density at radius 1 is 1.40 bits per heavy atom. The highest BCUT2D eigenvalue weighted by molar-refractivity contribution is 7.09. The summed E-state index contributed by atoms with van der Waals surface area (Å²) in [6.07, 6.45) is 0.191. The van der Waals surface area contributed by atoms with Crippen molar-refractivity contribution in [3.8, 4) is 5.75 Å². The van der Waals surface area contributed by atoms with Crippen LogP contribution in [0.5, 0.6) is 5.75 Å². The zero-order valence-corrected chi connectivity index (χ0v) is 14.8. The summed E-state index contributed by atoms with van der Waals surface area (Å²) < 4.78 is 10.5. The van der Waals surface area contributed by atoms with Crippen LogP contribution >= 0.6 is 11.3 Å². The van der Waals surface area contributed by atoms with Crippen LogP contribution in [-0.2, 0) is 16.1 Å².